The third-order valence-electron chi connectivity index (χ3n) is 4.11. The molecule has 0 bridgehead atoms. The molecule has 0 saturated heterocycles. The molecule has 7 heteroatoms. The van der Waals surface area contributed by atoms with Crippen LogP contribution in [0.5, 0.6) is 0 Å². The summed E-state index contributed by atoms with van der Waals surface area (Å²) in [5.41, 5.74) is 8.21. The normalized spacial score (nSPS) is 15.2. The van der Waals surface area contributed by atoms with E-state index < -0.39 is 21.7 Å². The van der Waals surface area contributed by atoms with E-state index in [2.05, 4.69) is 0 Å². The minimum absolute atomic E-state index is 0.241. The Morgan fingerprint density at radius 2 is 1.88 bits per heavy atom. The summed E-state index contributed by atoms with van der Waals surface area (Å²) in [5.74, 6) is -1.45. The highest BCUT2D eigenvalue weighted by atomic mass is 32.2. The number of aryl methyl sites for hydroxylation is 1. The molecule has 1 amide bonds. The average molecular weight is 358 g/mol. The van der Waals surface area contributed by atoms with Crippen molar-refractivity contribution in [1.82, 2.24) is 4.31 Å². The zero-order chi connectivity index (χ0) is 18.2. The second kappa shape index (κ2) is 6.34. The average Bonchev–Trinajstić information content (AvgIpc) is 2.98. The molecular formula is C18H18N2O4S. The maximum atomic E-state index is 12.8. The minimum atomic E-state index is -3.58. The van der Waals surface area contributed by atoms with E-state index in [4.69, 9.17) is 5.73 Å². The van der Waals surface area contributed by atoms with E-state index >= 15 is 0 Å². The monoisotopic (exact) mass is 358 g/mol. The lowest BCUT2D eigenvalue weighted by atomic mass is 10.1. The molecule has 0 atom stereocenters. The van der Waals surface area contributed by atoms with Gasteiger partial charge in [-0.3, -0.25) is 4.79 Å². The zero-order valence-corrected chi connectivity index (χ0v) is 14.5. The first kappa shape index (κ1) is 17.2. The first-order valence-electron chi connectivity index (χ1n) is 7.66. The van der Waals surface area contributed by atoms with Crippen molar-refractivity contribution in [3.63, 3.8) is 0 Å². The van der Waals surface area contributed by atoms with Gasteiger partial charge in [-0.1, -0.05) is 24.3 Å². The summed E-state index contributed by atoms with van der Waals surface area (Å²) in [7, 11) is -3.58. The molecule has 0 radical (unpaired) electrons. The van der Waals surface area contributed by atoms with E-state index in [9.17, 15) is 18.3 Å². The fraction of sp³-hybridized carbons (Fsp3) is 0.167. The maximum absolute atomic E-state index is 12.8. The second-order valence-corrected chi connectivity index (χ2v) is 7.95. The van der Waals surface area contributed by atoms with Crippen molar-refractivity contribution in [2.24, 2.45) is 5.73 Å². The molecule has 25 heavy (non-hydrogen) atoms. The first-order chi connectivity index (χ1) is 11.8. The third kappa shape index (κ3) is 3.42. The van der Waals surface area contributed by atoms with Gasteiger partial charge in [-0.15, -0.1) is 0 Å². The highest BCUT2D eigenvalue weighted by molar-refractivity contribution is 7.89. The van der Waals surface area contributed by atoms with Crippen LogP contribution in [0, 0.1) is 6.92 Å². The van der Waals surface area contributed by atoms with Crippen LogP contribution in [-0.2, 0) is 27.9 Å². The van der Waals surface area contributed by atoms with Gasteiger partial charge >= 0.3 is 0 Å². The lowest BCUT2D eigenvalue weighted by Gasteiger charge is -2.15. The Kier molecular flexibility index (Phi) is 4.36. The Balaban J connectivity index is 1.89. The largest absolute Gasteiger partial charge is 0.503 e. The summed E-state index contributed by atoms with van der Waals surface area (Å²) < 4.78 is 27.1. The van der Waals surface area contributed by atoms with E-state index in [-0.39, 0.29) is 18.0 Å². The molecule has 0 spiro atoms. The van der Waals surface area contributed by atoms with Gasteiger partial charge in [0.15, 0.2) is 5.76 Å². The molecule has 3 rings (SSSR count). The number of sulfonamides is 1. The summed E-state index contributed by atoms with van der Waals surface area (Å²) in [5, 5.41) is 9.46. The number of carbonyl (C=O) groups is 1. The zero-order valence-electron chi connectivity index (χ0n) is 13.6. The number of carbonyl (C=O) groups excluding carboxylic acids is 1. The molecule has 6 nitrogen and oxygen atoms in total. The molecule has 0 aliphatic carbocycles. The van der Waals surface area contributed by atoms with Crippen LogP contribution in [0.1, 0.15) is 22.3 Å². The summed E-state index contributed by atoms with van der Waals surface area (Å²) in [6.07, 6.45) is 1.26. The SMILES string of the molecule is Cc1cccc(S(=O)(=O)N2Cc3ccc(/C=C(\O)C(N)=O)cc3C2)c1. The summed E-state index contributed by atoms with van der Waals surface area (Å²) >= 11 is 0. The predicted octanol–water partition coefficient (Wildman–Crippen LogP) is 2.08. The van der Waals surface area contributed by atoms with Crippen molar-refractivity contribution < 1.29 is 18.3 Å². The van der Waals surface area contributed by atoms with Gasteiger partial charge in [-0.05, 0) is 53.5 Å². The van der Waals surface area contributed by atoms with Gasteiger partial charge in [-0.2, -0.15) is 4.31 Å². The Bertz CT molecular complexity index is 980. The number of aliphatic hydroxyl groups is 1. The number of fused-ring (bicyclic) bond motifs is 1. The number of primary amides is 1. The van der Waals surface area contributed by atoms with Crippen molar-refractivity contribution in [3.05, 3.63) is 70.5 Å². The van der Waals surface area contributed by atoms with Gasteiger partial charge in [0.25, 0.3) is 5.91 Å². The topological polar surface area (TPSA) is 101 Å². The van der Waals surface area contributed by atoms with Crippen LogP contribution < -0.4 is 5.73 Å². The van der Waals surface area contributed by atoms with Gasteiger partial charge < -0.3 is 10.8 Å². The smallest absolute Gasteiger partial charge is 0.283 e. The molecule has 1 heterocycles. The molecule has 2 aromatic carbocycles. The van der Waals surface area contributed by atoms with Gasteiger partial charge in [-0.25, -0.2) is 8.42 Å². The number of rotatable bonds is 4. The fourth-order valence-electron chi connectivity index (χ4n) is 2.80. The molecule has 3 N–H and O–H groups in total. The van der Waals surface area contributed by atoms with Crippen LogP contribution >= 0.6 is 0 Å². The molecule has 130 valence electrons. The van der Waals surface area contributed by atoms with Gasteiger partial charge in [0, 0.05) is 13.1 Å². The van der Waals surface area contributed by atoms with Gasteiger partial charge in [0.05, 0.1) is 4.90 Å². The van der Waals surface area contributed by atoms with Crippen molar-refractivity contribution in [1.29, 1.82) is 0 Å². The number of aliphatic hydroxyl groups excluding tert-OH is 1. The van der Waals surface area contributed by atoms with Crippen LogP contribution in [0.3, 0.4) is 0 Å². The highest BCUT2D eigenvalue weighted by Crippen LogP contribution is 2.30. The van der Waals surface area contributed by atoms with Crippen molar-refractivity contribution >= 4 is 22.0 Å². The standard InChI is InChI=1S/C18H18N2O4S/c1-12-3-2-4-16(7-12)25(23,24)20-10-14-6-5-13(8-15(14)11-20)9-17(21)18(19)22/h2-9,21H,10-11H2,1H3,(H2,19,22)/b17-9-. The number of hydrogen-bond acceptors (Lipinski definition) is 4. The minimum Gasteiger partial charge on any atom is -0.503 e. The van der Waals surface area contributed by atoms with Crippen molar-refractivity contribution in [3.8, 4) is 0 Å². The number of hydrogen-bond donors (Lipinski definition) is 2. The van der Waals surface area contributed by atoms with Gasteiger partial charge in [0.2, 0.25) is 10.0 Å². The second-order valence-electron chi connectivity index (χ2n) is 6.01. The molecule has 0 unspecified atom stereocenters. The molecule has 1 aliphatic heterocycles. The Hall–Kier alpha value is -2.64. The van der Waals surface area contributed by atoms with E-state index in [1.807, 2.05) is 13.0 Å². The molecule has 0 aromatic heterocycles. The molecule has 0 fully saturated rings. The van der Waals surface area contributed by atoms with Crippen molar-refractivity contribution in [2.45, 2.75) is 24.9 Å². The van der Waals surface area contributed by atoms with Crippen LogP contribution in [0.4, 0.5) is 0 Å². The number of amides is 1. The Labute approximate surface area is 146 Å². The lowest BCUT2D eigenvalue weighted by Crippen LogP contribution is -2.25. The van der Waals surface area contributed by atoms with E-state index in [1.165, 1.54) is 10.4 Å². The van der Waals surface area contributed by atoms with Crippen molar-refractivity contribution in [2.75, 3.05) is 0 Å². The van der Waals surface area contributed by atoms with Crippen LogP contribution in [0.15, 0.2) is 53.1 Å². The van der Waals surface area contributed by atoms with Crippen LogP contribution in [0.2, 0.25) is 0 Å². The van der Waals surface area contributed by atoms with Crippen LogP contribution in [0.25, 0.3) is 6.08 Å². The summed E-state index contributed by atoms with van der Waals surface area (Å²) in [6, 6.07) is 12.1. The van der Waals surface area contributed by atoms with Gasteiger partial charge in [0.1, 0.15) is 0 Å². The van der Waals surface area contributed by atoms with E-state index in [0.717, 1.165) is 16.7 Å². The highest BCUT2D eigenvalue weighted by Gasteiger charge is 2.30. The maximum Gasteiger partial charge on any atom is 0.283 e. The molecular weight excluding hydrogens is 340 g/mol. The Morgan fingerprint density at radius 1 is 1.16 bits per heavy atom. The first-order valence-corrected chi connectivity index (χ1v) is 9.10. The van der Waals surface area contributed by atoms with Crippen LogP contribution in [-0.4, -0.2) is 23.7 Å². The predicted molar refractivity (Wildman–Crippen MR) is 93.9 cm³/mol. The number of nitrogens with zero attached hydrogens (tertiary/aromatic N) is 1. The summed E-state index contributed by atoms with van der Waals surface area (Å²) in [4.78, 5) is 11.2. The third-order valence-corrected chi connectivity index (χ3v) is 5.89. The fourth-order valence-corrected chi connectivity index (χ4v) is 4.30. The molecule has 0 saturated carbocycles. The molecule has 2 aromatic rings. The number of benzene rings is 2. The number of nitrogens with two attached hydrogens (primary N) is 1. The van der Waals surface area contributed by atoms with E-state index in [1.54, 1.807) is 36.4 Å². The Morgan fingerprint density at radius 3 is 2.56 bits per heavy atom. The lowest BCUT2D eigenvalue weighted by molar-refractivity contribution is -0.116. The summed E-state index contributed by atoms with van der Waals surface area (Å²) in [6.45, 7) is 2.38. The van der Waals surface area contributed by atoms with E-state index in [0.29, 0.717) is 5.56 Å². The molecule has 1 aliphatic rings. The quantitative estimate of drug-likeness (QED) is 0.645.